The number of hydrogen-bond donors (Lipinski definition) is 2. The molecule has 3 aromatic rings. The third-order valence-corrected chi connectivity index (χ3v) is 6.43. The van der Waals surface area contributed by atoms with Crippen molar-refractivity contribution in [2.24, 2.45) is 11.8 Å². The van der Waals surface area contributed by atoms with Crippen LogP contribution in [0.1, 0.15) is 88.7 Å². The van der Waals surface area contributed by atoms with Crippen LogP contribution in [0.4, 0.5) is 0 Å². The van der Waals surface area contributed by atoms with Crippen molar-refractivity contribution in [2.45, 2.75) is 80.1 Å². The Hall–Kier alpha value is -3.02. The second kappa shape index (κ2) is 11.1. The van der Waals surface area contributed by atoms with Crippen molar-refractivity contribution in [3.8, 4) is 17.2 Å². The first-order valence-electron chi connectivity index (χ1n) is 12.7. The minimum absolute atomic E-state index is 0.0361. The van der Waals surface area contributed by atoms with Crippen molar-refractivity contribution >= 4 is 27.7 Å². The van der Waals surface area contributed by atoms with Crippen molar-refractivity contribution in [2.75, 3.05) is 6.61 Å². The van der Waals surface area contributed by atoms with Crippen molar-refractivity contribution in [3.63, 3.8) is 0 Å². The average Bonchev–Trinajstić information content (AvgIpc) is 2.76. The van der Waals surface area contributed by atoms with Gasteiger partial charge >= 0.3 is 0 Å². The van der Waals surface area contributed by atoms with E-state index in [0.717, 1.165) is 25.7 Å². The number of benzene rings is 2. The number of fused-ring (bicyclic) bond motifs is 2. The summed E-state index contributed by atoms with van der Waals surface area (Å²) in [6.07, 6.45) is 4.24. The lowest BCUT2D eigenvalue weighted by Gasteiger charge is -2.18. The molecule has 0 bridgehead atoms. The number of phenolic OH excluding ortho intramolecular Hbond substituents is 2. The van der Waals surface area contributed by atoms with Crippen LogP contribution in [-0.4, -0.2) is 22.6 Å². The molecule has 0 radical (unpaired) electrons. The lowest BCUT2D eigenvalue weighted by molar-refractivity contribution is 0.101. The quantitative estimate of drug-likeness (QED) is 0.175. The Kier molecular flexibility index (Phi) is 8.47. The van der Waals surface area contributed by atoms with E-state index in [9.17, 15) is 19.8 Å². The molecule has 0 fully saturated rings. The second-order valence-electron chi connectivity index (χ2n) is 10.3. The van der Waals surface area contributed by atoms with Gasteiger partial charge in [-0.3, -0.25) is 9.59 Å². The molecule has 190 valence electrons. The third kappa shape index (κ3) is 5.63. The van der Waals surface area contributed by atoms with Gasteiger partial charge in [-0.15, -0.1) is 0 Å². The molecular weight excluding hydrogens is 444 g/mol. The highest BCUT2D eigenvalue weighted by Gasteiger charge is 2.25. The smallest absolute Gasteiger partial charge is 0.204 e. The van der Waals surface area contributed by atoms with Crippen molar-refractivity contribution in [1.82, 2.24) is 0 Å². The van der Waals surface area contributed by atoms with Crippen LogP contribution in [0.5, 0.6) is 17.2 Å². The van der Waals surface area contributed by atoms with E-state index in [0.29, 0.717) is 59.1 Å². The van der Waals surface area contributed by atoms with Crippen molar-refractivity contribution in [3.05, 3.63) is 39.0 Å². The molecule has 6 nitrogen and oxygen atoms in total. The standard InChI is InChI=1S/C29H38O6/c1-7-8-13-34-22-15-24-26(20(12-10-17(4)5)25(22)18(6)30)29(33)27-23(35-24)14-21(31)19(28(27)32)11-9-16(2)3/h14-17,31-32H,7-13H2,1-6H3. The SMILES string of the molecule is CCCCOc1cc2oc3cc(O)c(CCC(C)C)c(O)c3c(=O)c2c(CCC(C)C)c1C(C)=O. The zero-order valence-corrected chi connectivity index (χ0v) is 21.8. The number of hydrogen-bond acceptors (Lipinski definition) is 6. The van der Waals surface area contributed by atoms with E-state index in [1.54, 1.807) is 6.07 Å². The second-order valence-corrected chi connectivity index (χ2v) is 10.3. The first-order valence-corrected chi connectivity index (χ1v) is 12.7. The maximum Gasteiger partial charge on any atom is 0.204 e. The lowest BCUT2D eigenvalue weighted by atomic mass is 9.91. The van der Waals surface area contributed by atoms with E-state index in [1.807, 2.05) is 0 Å². The fourth-order valence-electron chi connectivity index (χ4n) is 4.42. The predicted octanol–water partition coefficient (Wildman–Crippen LogP) is 6.92. The van der Waals surface area contributed by atoms with Crippen LogP contribution < -0.4 is 10.2 Å². The van der Waals surface area contributed by atoms with Gasteiger partial charge in [-0.05, 0) is 56.4 Å². The predicted molar refractivity (Wildman–Crippen MR) is 140 cm³/mol. The zero-order valence-electron chi connectivity index (χ0n) is 21.8. The average molecular weight is 483 g/mol. The number of aryl methyl sites for hydroxylation is 1. The van der Waals surface area contributed by atoms with Crippen LogP contribution in [0.15, 0.2) is 21.3 Å². The maximum atomic E-state index is 13.9. The third-order valence-electron chi connectivity index (χ3n) is 6.43. The van der Waals surface area contributed by atoms with E-state index in [2.05, 4.69) is 34.6 Å². The molecule has 0 saturated carbocycles. The highest BCUT2D eigenvalue weighted by atomic mass is 16.5. The molecule has 0 aliphatic heterocycles. The number of rotatable bonds is 11. The normalized spacial score (nSPS) is 11.8. The number of ketones is 1. The first-order chi connectivity index (χ1) is 16.6. The molecule has 0 spiro atoms. The van der Waals surface area contributed by atoms with Gasteiger partial charge in [0.15, 0.2) is 5.78 Å². The molecule has 35 heavy (non-hydrogen) atoms. The number of carbonyl (C=O) groups is 1. The van der Waals surface area contributed by atoms with Crippen LogP contribution >= 0.6 is 0 Å². The fourth-order valence-corrected chi connectivity index (χ4v) is 4.42. The summed E-state index contributed by atoms with van der Waals surface area (Å²) >= 11 is 0. The van der Waals surface area contributed by atoms with E-state index in [4.69, 9.17) is 9.15 Å². The summed E-state index contributed by atoms with van der Waals surface area (Å²) in [5.41, 5.74) is 1.34. The topological polar surface area (TPSA) is 97.0 Å². The number of unbranched alkanes of at least 4 members (excludes halogenated alkanes) is 1. The number of ether oxygens (including phenoxy) is 1. The molecule has 0 saturated heterocycles. The summed E-state index contributed by atoms with van der Waals surface area (Å²) in [5.74, 6) is 0.599. The number of aromatic hydroxyl groups is 2. The Bertz CT molecular complexity index is 1280. The molecule has 6 heteroatoms. The highest BCUT2D eigenvalue weighted by Crippen LogP contribution is 2.39. The van der Waals surface area contributed by atoms with Gasteiger partial charge in [0.25, 0.3) is 0 Å². The maximum absolute atomic E-state index is 13.9. The van der Waals surface area contributed by atoms with E-state index >= 15 is 0 Å². The van der Waals surface area contributed by atoms with Crippen molar-refractivity contribution < 1.29 is 24.2 Å². The number of carbonyl (C=O) groups excluding carboxylic acids is 1. The molecule has 0 unspecified atom stereocenters. The van der Waals surface area contributed by atoms with E-state index in [1.165, 1.54) is 13.0 Å². The molecular formula is C29H38O6. The summed E-state index contributed by atoms with van der Waals surface area (Å²) in [5, 5.41) is 22.0. The highest BCUT2D eigenvalue weighted by molar-refractivity contribution is 6.05. The summed E-state index contributed by atoms with van der Waals surface area (Å²) in [6.45, 7) is 12.3. The molecule has 2 N–H and O–H groups in total. The number of Topliss-reactive ketones (excluding diaryl/α,β-unsaturated/α-hetero) is 1. The molecule has 2 aromatic carbocycles. The van der Waals surface area contributed by atoms with Gasteiger partial charge in [-0.1, -0.05) is 41.0 Å². The summed E-state index contributed by atoms with van der Waals surface area (Å²) in [4.78, 5) is 26.7. The van der Waals surface area contributed by atoms with Gasteiger partial charge in [-0.2, -0.15) is 0 Å². The summed E-state index contributed by atoms with van der Waals surface area (Å²) in [6, 6.07) is 3.00. The fraction of sp³-hybridized carbons (Fsp3) is 0.517. The lowest BCUT2D eigenvalue weighted by Crippen LogP contribution is -2.13. The van der Waals surface area contributed by atoms with Crippen LogP contribution in [-0.2, 0) is 12.8 Å². The van der Waals surface area contributed by atoms with Gasteiger partial charge in [0, 0.05) is 17.7 Å². The minimum Gasteiger partial charge on any atom is -0.507 e. The van der Waals surface area contributed by atoms with Gasteiger partial charge in [0.1, 0.15) is 33.8 Å². The zero-order chi connectivity index (χ0) is 25.9. The van der Waals surface area contributed by atoms with E-state index < -0.39 is 5.43 Å². The Morgan fingerprint density at radius 1 is 0.971 bits per heavy atom. The molecule has 0 aliphatic rings. The summed E-state index contributed by atoms with van der Waals surface area (Å²) < 4.78 is 12.1. The first kappa shape index (κ1) is 26.6. The Balaban J connectivity index is 2.38. The molecule has 3 rings (SSSR count). The van der Waals surface area contributed by atoms with Gasteiger partial charge in [-0.25, -0.2) is 0 Å². The van der Waals surface area contributed by atoms with Gasteiger partial charge in [0.05, 0.1) is 17.6 Å². The Morgan fingerprint density at radius 3 is 2.14 bits per heavy atom. The molecule has 0 aliphatic carbocycles. The van der Waals surface area contributed by atoms with Gasteiger partial charge < -0.3 is 19.4 Å². The van der Waals surface area contributed by atoms with Crippen LogP contribution in [0.2, 0.25) is 0 Å². The monoisotopic (exact) mass is 482 g/mol. The van der Waals surface area contributed by atoms with Gasteiger partial charge in [0.2, 0.25) is 5.43 Å². The Labute approximate surface area is 206 Å². The molecule has 1 aromatic heterocycles. The molecule has 1 heterocycles. The van der Waals surface area contributed by atoms with Crippen LogP contribution in [0.3, 0.4) is 0 Å². The Morgan fingerprint density at radius 2 is 1.57 bits per heavy atom. The molecule has 0 atom stereocenters. The largest absolute Gasteiger partial charge is 0.507 e. The van der Waals surface area contributed by atoms with E-state index in [-0.39, 0.29) is 33.8 Å². The van der Waals surface area contributed by atoms with Crippen molar-refractivity contribution in [1.29, 1.82) is 0 Å². The molecule has 0 amide bonds. The van der Waals surface area contributed by atoms with Crippen LogP contribution in [0.25, 0.3) is 21.9 Å². The number of phenols is 2. The minimum atomic E-state index is -0.397. The summed E-state index contributed by atoms with van der Waals surface area (Å²) in [7, 11) is 0. The van der Waals surface area contributed by atoms with Crippen LogP contribution in [0, 0.1) is 11.8 Å².